The molecule has 1 aliphatic heterocycles. The number of fused-ring (bicyclic) bond motifs is 1. The number of aryl methyl sites for hydroxylation is 1. The van der Waals surface area contributed by atoms with E-state index in [4.69, 9.17) is 0 Å². The highest BCUT2D eigenvalue weighted by Gasteiger charge is 2.24. The number of carbonyl (C=O) groups excluding carboxylic acids is 1. The molecule has 0 bridgehead atoms. The Bertz CT molecular complexity index is 962. The van der Waals surface area contributed by atoms with E-state index in [2.05, 4.69) is 42.4 Å². The molecule has 1 aliphatic rings. The van der Waals surface area contributed by atoms with Crippen molar-refractivity contribution < 1.29 is 9.53 Å². The van der Waals surface area contributed by atoms with Crippen LogP contribution in [0.4, 0.5) is 10.6 Å². The summed E-state index contributed by atoms with van der Waals surface area (Å²) >= 11 is 0. The summed E-state index contributed by atoms with van der Waals surface area (Å²) in [6.45, 7) is 1.61. The fourth-order valence-corrected chi connectivity index (χ4v) is 3.58. The highest BCUT2D eigenvalue weighted by atomic mass is 16.5. The van der Waals surface area contributed by atoms with Gasteiger partial charge in [-0.2, -0.15) is 5.10 Å². The van der Waals surface area contributed by atoms with Crippen molar-refractivity contribution in [2.24, 2.45) is 7.05 Å². The summed E-state index contributed by atoms with van der Waals surface area (Å²) in [5, 5.41) is 18.3. The molecule has 4 rings (SSSR count). The molecule has 0 aliphatic carbocycles. The van der Waals surface area contributed by atoms with E-state index in [9.17, 15) is 4.79 Å². The van der Waals surface area contributed by atoms with Gasteiger partial charge in [-0.15, -0.1) is 10.2 Å². The Hall–Kier alpha value is -3.16. The number of piperidine rings is 1. The number of nitrogens with one attached hydrogen (secondary N) is 1. The summed E-state index contributed by atoms with van der Waals surface area (Å²) in [5.74, 6) is 0.882. The van der Waals surface area contributed by atoms with Gasteiger partial charge in [0, 0.05) is 43.1 Å². The minimum Gasteiger partial charge on any atom is -0.453 e. The van der Waals surface area contributed by atoms with E-state index in [1.165, 1.54) is 7.11 Å². The predicted octanol–water partition coefficient (Wildman–Crippen LogP) is 2.36. The van der Waals surface area contributed by atoms with Crippen LogP contribution >= 0.6 is 0 Å². The third-order valence-corrected chi connectivity index (χ3v) is 5.03. The zero-order valence-corrected chi connectivity index (χ0v) is 15.4. The molecule has 1 amide bonds. The Balaban J connectivity index is 1.63. The summed E-state index contributed by atoms with van der Waals surface area (Å²) < 4.78 is 6.49. The Morgan fingerprint density at radius 2 is 1.89 bits per heavy atom. The van der Waals surface area contributed by atoms with Gasteiger partial charge in [0.1, 0.15) is 5.69 Å². The van der Waals surface area contributed by atoms with Gasteiger partial charge in [-0.25, -0.2) is 4.79 Å². The second-order valence-electron chi connectivity index (χ2n) is 6.66. The van der Waals surface area contributed by atoms with E-state index in [1.54, 1.807) is 10.9 Å². The number of alkyl carbamates (subject to hydrolysis) is 1. The molecule has 1 saturated heterocycles. The molecule has 0 unspecified atom stereocenters. The minimum atomic E-state index is -0.376. The van der Waals surface area contributed by atoms with Gasteiger partial charge in [0.05, 0.1) is 12.8 Å². The Morgan fingerprint density at radius 3 is 2.56 bits per heavy atom. The van der Waals surface area contributed by atoms with Crippen molar-refractivity contribution in [1.82, 2.24) is 25.3 Å². The molecule has 8 nitrogen and oxygen atoms in total. The fraction of sp³-hybridized carbons (Fsp3) is 0.368. The standard InChI is InChI=1S/C19H22N6O2/c1-24-16(7-10-20-24)17-14-5-3-4-6-15(14)18(23-22-17)25-11-8-13(9-12-25)21-19(26)27-2/h3-7,10,13H,8-9,11-12H2,1-2H3,(H,21,26). The fourth-order valence-electron chi connectivity index (χ4n) is 3.58. The normalized spacial score (nSPS) is 15.1. The number of nitrogens with zero attached hydrogens (tertiary/aromatic N) is 5. The maximum Gasteiger partial charge on any atom is 0.407 e. The van der Waals surface area contributed by atoms with E-state index in [0.717, 1.165) is 53.9 Å². The van der Waals surface area contributed by atoms with Crippen LogP contribution in [-0.2, 0) is 11.8 Å². The first kappa shape index (κ1) is 17.3. The van der Waals surface area contributed by atoms with E-state index >= 15 is 0 Å². The molecule has 0 atom stereocenters. The summed E-state index contributed by atoms with van der Waals surface area (Å²) in [5.41, 5.74) is 1.77. The number of hydrogen-bond acceptors (Lipinski definition) is 6. The minimum absolute atomic E-state index is 0.127. The lowest BCUT2D eigenvalue weighted by Gasteiger charge is -2.33. The van der Waals surface area contributed by atoms with Crippen molar-refractivity contribution in [1.29, 1.82) is 0 Å². The zero-order chi connectivity index (χ0) is 18.8. The third-order valence-electron chi connectivity index (χ3n) is 5.03. The summed E-state index contributed by atoms with van der Waals surface area (Å²) in [6, 6.07) is 10.3. The van der Waals surface area contributed by atoms with E-state index < -0.39 is 0 Å². The first-order valence-corrected chi connectivity index (χ1v) is 9.00. The van der Waals surface area contributed by atoms with Gasteiger partial charge in [0.15, 0.2) is 5.82 Å². The molecule has 1 N–H and O–H groups in total. The number of hydrogen-bond donors (Lipinski definition) is 1. The topological polar surface area (TPSA) is 85.2 Å². The average molecular weight is 366 g/mol. The maximum atomic E-state index is 11.4. The molecule has 27 heavy (non-hydrogen) atoms. The maximum absolute atomic E-state index is 11.4. The largest absolute Gasteiger partial charge is 0.453 e. The van der Waals surface area contributed by atoms with Crippen LogP contribution < -0.4 is 10.2 Å². The molecule has 0 spiro atoms. The van der Waals surface area contributed by atoms with Crippen molar-refractivity contribution in [3.8, 4) is 11.4 Å². The zero-order valence-electron chi connectivity index (χ0n) is 15.4. The van der Waals surface area contributed by atoms with Crippen LogP contribution in [0.15, 0.2) is 36.5 Å². The second-order valence-corrected chi connectivity index (χ2v) is 6.66. The van der Waals surface area contributed by atoms with Crippen LogP contribution in [-0.4, -0.2) is 52.3 Å². The molecule has 3 heterocycles. The Labute approximate surface area is 157 Å². The lowest BCUT2D eigenvalue weighted by Crippen LogP contribution is -2.45. The van der Waals surface area contributed by atoms with Crippen molar-refractivity contribution in [3.63, 3.8) is 0 Å². The molecule has 3 aromatic rings. The number of amides is 1. The van der Waals surface area contributed by atoms with Crippen molar-refractivity contribution >= 4 is 22.7 Å². The van der Waals surface area contributed by atoms with Gasteiger partial charge >= 0.3 is 6.09 Å². The van der Waals surface area contributed by atoms with Gasteiger partial charge in [-0.05, 0) is 18.9 Å². The monoisotopic (exact) mass is 366 g/mol. The smallest absolute Gasteiger partial charge is 0.407 e. The lowest BCUT2D eigenvalue weighted by molar-refractivity contribution is 0.164. The quantitative estimate of drug-likeness (QED) is 0.766. The molecule has 0 radical (unpaired) electrons. The van der Waals surface area contributed by atoms with Crippen LogP contribution in [0.1, 0.15) is 12.8 Å². The van der Waals surface area contributed by atoms with Crippen LogP contribution in [0, 0.1) is 0 Å². The summed E-state index contributed by atoms with van der Waals surface area (Å²) in [7, 11) is 3.29. The molecule has 1 fully saturated rings. The van der Waals surface area contributed by atoms with Gasteiger partial charge in [-0.1, -0.05) is 24.3 Å². The van der Waals surface area contributed by atoms with Crippen LogP contribution in [0.5, 0.6) is 0 Å². The number of anilines is 1. The van der Waals surface area contributed by atoms with Crippen molar-refractivity contribution in [2.45, 2.75) is 18.9 Å². The van der Waals surface area contributed by atoms with Crippen molar-refractivity contribution in [2.75, 3.05) is 25.1 Å². The first-order valence-electron chi connectivity index (χ1n) is 9.00. The van der Waals surface area contributed by atoms with E-state index in [1.807, 2.05) is 25.2 Å². The average Bonchev–Trinajstić information content (AvgIpc) is 3.13. The molecule has 2 aromatic heterocycles. The second kappa shape index (κ2) is 7.22. The van der Waals surface area contributed by atoms with Gasteiger partial charge < -0.3 is 15.0 Å². The Morgan fingerprint density at radius 1 is 1.15 bits per heavy atom. The Kier molecular flexibility index (Phi) is 4.62. The van der Waals surface area contributed by atoms with Crippen LogP contribution in [0.3, 0.4) is 0 Å². The van der Waals surface area contributed by atoms with Gasteiger partial charge in [0.2, 0.25) is 0 Å². The molecular weight excluding hydrogens is 344 g/mol. The number of benzene rings is 1. The van der Waals surface area contributed by atoms with Crippen LogP contribution in [0.2, 0.25) is 0 Å². The number of rotatable bonds is 3. The summed E-state index contributed by atoms with van der Waals surface area (Å²) in [6.07, 6.45) is 3.07. The number of ether oxygens (including phenoxy) is 1. The van der Waals surface area contributed by atoms with Gasteiger partial charge in [-0.3, -0.25) is 4.68 Å². The highest BCUT2D eigenvalue weighted by Crippen LogP contribution is 2.32. The van der Waals surface area contributed by atoms with E-state index in [0.29, 0.717) is 0 Å². The molecule has 1 aromatic carbocycles. The lowest BCUT2D eigenvalue weighted by atomic mass is 10.0. The number of carbonyl (C=O) groups is 1. The first-order chi connectivity index (χ1) is 13.2. The SMILES string of the molecule is COC(=O)NC1CCN(c2nnc(-c3ccnn3C)c3ccccc23)CC1. The highest BCUT2D eigenvalue weighted by molar-refractivity contribution is 5.99. The van der Waals surface area contributed by atoms with Crippen LogP contribution in [0.25, 0.3) is 22.2 Å². The number of aromatic nitrogens is 4. The van der Waals surface area contributed by atoms with Gasteiger partial charge in [0.25, 0.3) is 0 Å². The van der Waals surface area contributed by atoms with E-state index in [-0.39, 0.29) is 12.1 Å². The predicted molar refractivity (Wildman–Crippen MR) is 103 cm³/mol. The molecular formula is C19H22N6O2. The van der Waals surface area contributed by atoms with Crippen molar-refractivity contribution in [3.05, 3.63) is 36.5 Å². The number of methoxy groups -OCH3 is 1. The third kappa shape index (κ3) is 3.30. The summed E-state index contributed by atoms with van der Waals surface area (Å²) in [4.78, 5) is 13.6. The molecule has 8 heteroatoms. The molecule has 140 valence electrons. The molecule has 0 saturated carbocycles.